The minimum Gasteiger partial charge on any atom is -0.494 e. The highest BCUT2D eigenvalue weighted by atomic mass is 79.9. The Morgan fingerprint density at radius 2 is 2.16 bits per heavy atom. The molecule has 0 atom stereocenters. The molecule has 1 aromatic carbocycles. The molecule has 0 fully saturated rings. The lowest BCUT2D eigenvalue weighted by atomic mass is 10.2. The highest BCUT2D eigenvalue weighted by Crippen LogP contribution is 2.13. The molecule has 19 heavy (non-hydrogen) atoms. The first-order chi connectivity index (χ1) is 9.27. The van der Waals surface area contributed by atoms with Crippen molar-refractivity contribution >= 4 is 21.8 Å². The summed E-state index contributed by atoms with van der Waals surface area (Å²) in [5, 5.41) is 3.85. The number of hydrogen-bond acceptors (Lipinski definition) is 2. The number of halogens is 1. The van der Waals surface area contributed by atoms with Gasteiger partial charge in [0, 0.05) is 17.4 Å². The maximum atomic E-state index is 11.9. The van der Waals surface area contributed by atoms with Crippen LogP contribution in [0.3, 0.4) is 0 Å². The SMILES string of the molecule is CCCCCNC(=O)c1cccc(OCCCBr)c1. The number of amides is 1. The van der Waals surface area contributed by atoms with Gasteiger partial charge in [-0.15, -0.1) is 0 Å². The van der Waals surface area contributed by atoms with Gasteiger partial charge in [0.25, 0.3) is 5.91 Å². The van der Waals surface area contributed by atoms with Crippen molar-refractivity contribution in [1.82, 2.24) is 5.32 Å². The topological polar surface area (TPSA) is 38.3 Å². The summed E-state index contributed by atoms with van der Waals surface area (Å²) < 4.78 is 5.57. The quantitative estimate of drug-likeness (QED) is 0.553. The summed E-state index contributed by atoms with van der Waals surface area (Å²) in [5.74, 6) is 0.726. The summed E-state index contributed by atoms with van der Waals surface area (Å²) in [5.41, 5.74) is 0.660. The molecule has 0 heterocycles. The second kappa shape index (κ2) is 9.84. The zero-order chi connectivity index (χ0) is 13.9. The molecule has 4 heteroatoms. The lowest BCUT2D eigenvalue weighted by Crippen LogP contribution is -2.24. The van der Waals surface area contributed by atoms with Gasteiger partial charge in [0.1, 0.15) is 5.75 Å². The van der Waals surface area contributed by atoms with Gasteiger partial charge in [-0.05, 0) is 31.0 Å². The minimum atomic E-state index is -0.0259. The van der Waals surface area contributed by atoms with E-state index < -0.39 is 0 Å². The summed E-state index contributed by atoms with van der Waals surface area (Å²) in [6.45, 7) is 3.55. The van der Waals surface area contributed by atoms with Gasteiger partial charge in [0.15, 0.2) is 0 Å². The molecular formula is C15H22BrNO2. The Labute approximate surface area is 123 Å². The van der Waals surface area contributed by atoms with E-state index in [4.69, 9.17) is 4.74 Å². The van der Waals surface area contributed by atoms with Crippen LogP contribution in [0.1, 0.15) is 43.0 Å². The molecule has 0 spiro atoms. The van der Waals surface area contributed by atoms with Crippen LogP contribution >= 0.6 is 15.9 Å². The van der Waals surface area contributed by atoms with Gasteiger partial charge in [-0.2, -0.15) is 0 Å². The molecule has 0 bridgehead atoms. The van der Waals surface area contributed by atoms with Crippen LogP contribution in [0.15, 0.2) is 24.3 Å². The molecule has 1 rings (SSSR count). The Hall–Kier alpha value is -1.03. The number of ether oxygens (including phenoxy) is 1. The number of nitrogens with one attached hydrogen (secondary N) is 1. The average molecular weight is 328 g/mol. The maximum absolute atomic E-state index is 11.9. The van der Waals surface area contributed by atoms with Gasteiger partial charge in [0.05, 0.1) is 6.61 Å². The Balaban J connectivity index is 2.43. The monoisotopic (exact) mass is 327 g/mol. The van der Waals surface area contributed by atoms with Crippen molar-refractivity contribution in [3.05, 3.63) is 29.8 Å². The molecule has 0 aliphatic rings. The second-order valence-corrected chi connectivity index (χ2v) is 5.17. The van der Waals surface area contributed by atoms with Gasteiger partial charge >= 0.3 is 0 Å². The van der Waals surface area contributed by atoms with E-state index in [0.717, 1.165) is 43.3 Å². The summed E-state index contributed by atoms with van der Waals surface area (Å²) in [4.78, 5) is 11.9. The zero-order valence-corrected chi connectivity index (χ0v) is 13.0. The van der Waals surface area contributed by atoms with Crippen LogP contribution in [-0.2, 0) is 0 Å². The Kier molecular flexibility index (Phi) is 8.30. The molecule has 1 aromatic rings. The summed E-state index contributed by atoms with van der Waals surface area (Å²) in [6, 6.07) is 7.34. The molecule has 1 amide bonds. The Morgan fingerprint density at radius 1 is 1.32 bits per heavy atom. The van der Waals surface area contributed by atoms with Gasteiger partial charge in [0.2, 0.25) is 0 Å². The summed E-state index contributed by atoms with van der Waals surface area (Å²) >= 11 is 3.36. The average Bonchev–Trinajstić information content (AvgIpc) is 2.44. The smallest absolute Gasteiger partial charge is 0.251 e. The first-order valence-electron chi connectivity index (χ1n) is 6.85. The van der Waals surface area contributed by atoms with E-state index in [9.17, 15) is 4.79 Å². The number of carbonyl (C=O) groups is 1. The molecule has 3 nitrogen and oxygen atoms in total. The standard InChI is InChI=1S/C15H22BrNO2/c1-2-3-4-10-17-15(18)13-7-5-8-14(12-13)19-11-6-9-16/h5,7-8,12H,2-4,6,9-11H2,1H3,(H,17,18). The van der Waals surface area contributed by atoms with E-state index in [0.29, 0.717) is 12.2 Å². The van der Waals surface area contributed by atoms with Crippen LogP contribution in [0, 0.1) is 0 Å². The molecule has 0 saturated heterocycles. The Bertz CT molecular complexity index is 382. The van der Waals surface area contributed by atoms with Crippen molar-refractivity contribution in [3.8, 4) is 5.75 Å². The van der Waals surface area contributed by atoms with Crippen LogP contribution in [0.4, 0.5) is 0 Å². The van der Waals surface area contributed by atoms with Gasteiger partial charge in [-0.25, -0.2) is 0 Å². The highest BCUT2D eigenvalue weighted by Gasteiger charge is 2.05. The second-order valence-electron chi connectivity index (χ2n) is 4.38. The number of benzene rings is 1. The van der Waals surface area contributed by atoms with E-state index >= 15 is 0 Å². The van der Waals surface area contributed by atoms with E-state index in [1.54, 1.807) is 6.07 Å². The Morgan fingerprint density at radius 3 is 2.89 bits per heavy atom. The fraction of sp³-hybridized carbons (Fsp3) is 0.533. The molecule has 1 N–H and O–H groups in total. The molecular weight excluding hydrogens is 306 g/mol. The third kappa shape index (κ3) is 6.62. The summed E-state index contributed by atoms with van der Waals surface area (Å²) in [7, 11) is 0. The number of hydrogen-bond donors (Lipinski definition) is 1. The fourth-order valence-corrected chi connectivity index (χ4v) is 1.88. The largest absolute Gasteiger partial charge is 0.494 e. The first kappa shape index (κ1) is 16.0. The van der Waals surface area contributed by atoms with Crippen molar-refractivity contribution < 1.29 is 9.53 Å². The van der Waals surface area contributed by atoms with Crippen molar-refractivity contribution in [2.45, 2.75) is 32.6 Å². The van der Waals surface area contributed by atoms with Crippen LogP contribution < -0.4 is 10.1 Å². The highest BCUT2D eigenvalue weighted by molar-refractivity contribution is 9.09. The zero-order valence-electron chi connectivity index (χ0n) is 11.5. The molecule has 0 radical (unpaired) electrons. The van der Waals surface area contributed by atoms with Crippen LogP contribution in [0.25, 0.3) is 0 Å². The van der Waals surface area contributed by atoms with Crippen molar-refractivity contribution in [2.24, 2.45) is 0 Å². The van der Waals surface area contributed by atoms with Gasteiger partial charge in [-0.1, -0.05) is 41.8 Å². The first-order valence-corrected chi connectivity index (χ1v) is 7.97. The van der Waals surface area contributed by atoms with Gasteiger partial charge < -0.3 is 10.1 Å². The van der Waals surface area contributed by atoms with Crippen molar-refractivity contribution in [3.63, 3.8) is 0 Å². The van der Waals surface area contributed by atoms with E-state index in [1.165, 1.54) is 0 Å². The summed E-state index contributed by atoms with van der Waals surface area (Å²) in [6.07, 6.45) is 4.29. The molecule has 0 unspecified atom stereocenters. The molecule has 0 aromatic heterocycles. The molecule has 0 aliphatic heterocycles. The lowest BCUT2D eigenvalue weighted by Gasteiger charge is -2.08. The van der Waals surface area contributed by atoms with Crippen molar-refractivity contribution in [2.75, 3.05) is 18.5 Å². The number of carbonyl (C=O) groups excluding carboxylic acids is 1. The van der Waals surface area contributed by atoms with Crippen molar-refractivity contribution in [1.29, 1.82) is 0 Å². The third-order valence-corrected chi connectivity index (χ3v) is 3.27. The fourth-order valence-electron chi connectivity index (χ4n) is 1.65. The molecule has 106 valence electrons. The lowest BCUT2D eigenvalue weighted by molar-refractivity contribution is 0.0952. The molecule has 0 saturated carbocycles. The van der Waals surface area contributed by atoms with E-state index in [-0.39, 0.29) is 5.91 Å². The maximum Gasteiger partial charge on any atom is 0.251 e. The van der Waals surface area contributed by atoms with Crippen LogP contribution in [0.5, 0.6) is 5.75 Å². The molecule has 0 aliphatic carbocycles. The minimum absolute atomic E-state index is 0.0259. The predicted molar refractivity (Wildman–Crippen MR) is 82.2 cm³/mol. The number of alkyl halides is 1. The predicted octanol–water partition coefficient (Wildman–Crippen LogP) is 3.77. The van der Waals surface area contributed by atoms with E-state index in [1.807, 2.05) is 18.2 Å². The normalized spacial score (nSPS) is 10.2. The third-order valence-electron chi connectivity index (χ3n) is 2.71. The number of unbranched alkanes of at least 4 members (excludes halogenated alkanes) is 2. The van der Waals surface area contributed by atoms with E-state index in [2.05, 4.69) is 28.2 Å². The van der Waals surface area contributed by atoms with Crippen LogP contribution in [0.2, 0.25) is 0 Å². The number of rotatable bonds is 9. The van der Waals surface area contributed by atoms with Gasteiger partial charge in [-0.3, -0.25) is 4.79 Å². The van der Waals surface area contributed by atoms with Crippen LogP contribution in [-0.4, -0.2) is 24.4 Å².